The van der Waals surface area contributed by atoms with Gasteiger partial charge in [-0.3, -0.25) is 0 Å². The van der Waals surface area contributed by atoms with Gasteiger partial charge in [0.15, 0.2) is 0 Å². The Labute approximate surface area is 131 Å². The van der Waals surface area contributed by atoms with Crippen molar-refractivity contribution in [2.75, 3.05) is 18.0 Å². The van der Waals surface area contributed by atoms with E-state index in [1.807, 2.05) is 0 Å². The quantitative estimate of drug-likeness (QED) is 0.887. The molecule has 1 aliphatic rings. The summed E-state index contributed by atoms with van der Waals surface area (Å²) in [5, 5.41) is 0. The fourth-order valence-corrected chi connectivity index (χ4v) is 3.36. The van der Waals surface area contributed by atoms with Crippen molar-refractivity contribution in [3.63, 3.8) is 0 Å². The third-order valence-electron chi connectivity index (χ3n) is 4.27. The number of nitrogens with two attached hydrogens (primary N) is 1. The Morgan fingerprint density at radius 3 is 2.75 bits per heavy atom. The van der Waals surface area contributed by atoms with Crippen LogP contribution >= 0.6 is 15.9 Å². The zero-order valence-corrected chi connectivity index (χ0v) is 14.5. The van der Waals surface area contributed by atoms with Gasteiger partial charge in [-0.05, 0) is 55.7 Å². The zero-order valence-electron chi connectivity index (χ0n) is 13.0. The Bertz CT molecular complexity index is 454. The first-order valence-electron chi connectivity index (χ1n) is 7.66. The number of rotatable bonds is 3. The van der Waals surface area contributed by atoms with E-state index in [1.54, 1.807) is 0 Å². The molecule has 20 heavy (non-hydrogen) atoms. The van der Waals surface area contributed by atoms with Gasteiger partial charge in [0, 0.05) is 29.3 Å². The largest absolute Gasteiger partial charge is 0.371 e. The number of nitrogens with zero attached hydrogens (tertiary/aromatic N) is 1. The topological polar surface area (TPSA) is 29.3 Å². The van der Waals surface area contributed by atoms with E-state index in [4.69, 9.17) is 5.73 Å². The first-order valence-corrected chi connectivity index (χ1v) is 8.46. The molecule has 0 bridgehead atoms. The van der Waals surface area contributed by atoms with Gasteiger partial charge in [0.25, 0.3) is 0 Å². The summed E-state index contributed by atoms with van der Waals surface area (Å²) in [4.78, 5) is 2.55. The predicted molar refractivity (Wildman–Crippen MR) is 91.3 cm³/mol. The van der Waals surface area contributed by atoms with Crippen molar-refractivity contribution in [1.82, 2.24) is 0 Å². The maximum atomic E-state index is 6.00. The van der Waals surface area contributed by atoms with Gasteiger partial charge in [-0.1, -0.05) is 35.8 Å². The maximum Gasteiger partial charge on any atom is 0.0410 e. The summed E-state index contributed by atoms with van der Waals surface area (Å²) >= 11 is 3.61. The molecule has 0 aliphatic carbocycles. The summed E-state index contributed by atoms with van der Waals surface area (Å²) < 4.78 is 1.16. The summed E-state index contributed by atoms with van der Waals surface area (Å²) in [5.41, 5.74) is 9.23. The lowest BCUT2D eigenvalue weighted by Gasteiger charge is -2.27. The lowest BCUT2D eigenvalue weighted by molar-refractivity contribution is 0.325. The van der Waals surface area contributed by atoms with Crippen LogP contribution in [-0.2, 0) is 6.42 Å². The van der Waals surface area contributed by atoms with Crippen LogP contribution in [0.15, 0.2) is 22.7 Å². The second kappa shape index (κ2) is 6.48. The lowest BCUT2D eigenvalue weighted by Crippen LogP contribution is -2.27. The molecule has 0 amide bonds. The normalized spacial score (nSPS) is 20.6. The summed E-state index contributed by atoms with van der Waals surface area (Å²) in [6.45, 7) is 9.17. The molecule has 1 aliphatic heterocycles. The standard InChI is InChI=1S/C17H27BrN2/c1-13(19)11-14-5-6-15(18)12-16(14)20-9-4-7-17(2,3)8-10-20/h5-6,12-13H,4,7-11,19H2,1-3H3. The average Bonchev–Trinajstić information content (AvgIpc) is 2.52. The van der Waals surface area contributed by atoms with Gasteiger partial charge in [0.05, 0.1) is 0 Å². The van der Waals surface area contributed by atoms with Crippen molar-refractivity contribution in [2.45, 2.75) is 52.5 Å². The molecule has 3 heteroatoms. The van der Waals surface area contributed by atoms with Crippen molar-refractivity contribution in [2.24, 2.45) is 11.1 Å². The molecule has 1 aromatic rings. The summed E-state index contributed by atoms with van der Waals surface area (Å²) in [7, 11) is 0. The molecule has 1 fully saturated rings. The average molecular weight is 339 g/mol. The van der Waals surface area contributed by atoms with Gasteiger partial charge < -0.3 is 10.6 Å². The monoisotopic (exact) mass is 338 g/mol. The molecule has 2 rings (SSSR count). The van der Waals surface area contributed by atoms with Crippen molar-refractivity contribution in [1.29, 1.82) is 0 Å². The van der Waals surface area contributed by atoms with Crippen molar-refractivity contribution < 1.29 is 0 Å². The van der Waals surface area contributed by atoms with Gasteiger partial charge in [-0.15, -0.1) is 0 Å². The Balaban J connectivity index is 2.24. The van der Waals surface area contributed by atoms with Gasteiger partial charge in [-0.25, -0.2) is 0 Å². The van der Waals surface area contributed by atoms with Crippen molar-refractivity contribution >= 4 is 21.6 Å². The highest BCUT2D eigenvalue weighted by molar-refractivity contribution is 9.10. The molecule has 0 aromatic heterocycles. The van der Waals surface area contributed by atoms with E-state index in [0.717, 1.165) is 24.0 Å². The molecule has 0 spiro atoms. The smallest absolute Gasteiger partial charge is 0.0410 e. The second-order valence-corrected chi connectivity index (χ2v) is 7.87. The number of benzene rings is 1. The minimum atomic E-state index is 0.207. The minimum absolute atomic E-state index is 0.207. The molecular weight excluding hydrogens is 312 g/mol. The van der Waals surface area contributed by atoms with Crippen LogP contribution in [0.2, 0.25) is 0 Å². The molecule has 1 saturated heterocycles. The highest BCUT2D eigenvalue weighted by Crippen LogP contribution is 2.34. The molecule has 1 aromatic carbocycles. The van der Waals surface area contributed by atoms with Crippen LogP contribution in [0.4, 0.5) is 5.69 Å². The van der Waals surface area contributed by atoms with Crippen LogP contribution < -0.4 is 10.6 Å². The molecule has 112 valence electrons. The van der Waals surface area contributed by atoms with Gasteiger partial charge in [0.2, 0.25) is 0 Å². The fraction of sp³-hybridized carbons (Fsp3) is 0.647. The Hall–Kier alpha value is -0.540. The zero-order chi connectivity index (χ0) is 14.8. The first kappa shape index (κ1) is 15.8. The second-order valence-electron chi connectivity index (χ2n) is 6.96. The lowest BCUT2D eigenvalue weighted by atomic mass is 9.85. The predicted octanol–water partition coefficient (Wildman–Crippen LogP) is 4.36. The van der Waals surface area contributed by atoms with E-state index >= 15 is 0 Å². The van der Waals surface area contributed by atoms with Crippen molar-refractivity contribution in [3.8, 4) is 0 Å². The van der Waals surface area contributed by atoms with E-state index in [-0.39, 0.29) is 6.04 Å². The molecule has 2 nitrogen and oxygen atoms in total. The fourth-order valence-electron chi connectivity index (χ4n) is 3.01. The SMILES string of the molecule is CC(N)Cc1ccc(Br)cc1N1CCCC(C)(C)CC1. The van der Waals surface area contributed by atoms with E-state index in [1.165, 1.54) is 30.5 Å². The number of hydrogen-bond acceptors (Lipinski definition) is 2. The van der Waals surface area contributed by atoms with Crippen LogP contribution in [0.1, 0.15) is 45.6 Å². The third kappa shape index (κ3) is 4.23. The maximum absolute atomic E-state index is 6.00. The summed E-state index contributed by atoms with van der Waals surface area (Å²) in [5.74, 6) is 0. The van der Waals surface area contributed by atoms with E-state index in [2.05, 4.69) is 59.8 Å². The molecule has 0 radical (unpaired) electrons. The summed E-state index contributed by atoms with van der Waals surface area (Å²) in [6.07, 6.45) is 4.80. The molecule has 2 N–H and O–H groups in total. The van der Waals surface area contributed by atoms with E-state index in [0.29, 0.717) is 5.41 Å². The highest BCUT2D eigenvalue weighted by Gasteiger charge is 2.24. The molecule has 1 atom stereocenters. The number of anilines is 1. The molecular formula is C17H27BrN2. The minimum Gasteiger partial charge on any atom is -0.371 e. The van der Waals surface area contributed by atoms with Crippen LogP contribution in [0.5, 0.6) is 0 Å². The van der Waals surface area contributed by atoms with Crippen LogP contribution in [0, 0.1) is 5.41 Å². The molecule has 1 unspecified atom stereocenters. The Morgan fingerprint density at radius 2 is 2.05 bits per heavy atom. The number of hydrogen-bond donors (Lipinski definition) is 1. The van der Waals surface area contributed by atoms with Gasteiger partial charge in [-0.2, -0.15) is 0 Å². The van der Waals surface area contributed by atoms with Gasteiger partial charge in [0.1, 0.15) is 0 Å². The van der Waals surface area contributed by atoms with Crippen LogP contribution in [0.3, 0.4) is 0 Å². The first-order chi connectivity index (χ1) is 9.37. The Kier molecular flexibility index (Phi) is 5.14. The van der Waals surface area contributed by atoms with Gasteiger partial charge >= 0.3 is 0 Å². The summed E-state index contributed by atoms with van der Waals surface area (Å²) in [6, 6.07) is 6.82. The van der Waals surface area contributed by atoms with E-state index in [9.17, 15) is 0 Å². The van der Waals surface area contributed by atoms with Crippen molar-refractivity contribution in [3.05, 3.63) is 28.2 Å². The van der Waals surface area contributed by atoms with Crippen LogP contribution in [0.25, 0.3) is 0 Å². The number of halogens is 1. The molecule has 0 saturated carbocycles. The van der Waals surface area contributed by atoms with Crippen LogP contribution in [-0.4, -0.2) is 19.1 Å². The third-order valence-corrected chi connectivity index (χ3v) is 4.76. The Morgan fingerprint density at radius 1 is 1.30 bits per heavy atom. The van der Waals surface area contributed by atoms with E-state index < -0.39 is 0 Å². The highest BCUT2D eigenvalue weighted by atomic mass is 79.9. The molecule has 1 heterocycles.